The highest BCUT2D eigenvalue weighted by Gasteiger charge is 2.30. The van der Waals surface area contributed by atoms with Gasteiger partial charge in [-0.25, -0.2) is 4.79 Å². The monoisotopic (exact) mass is 415 g/mol. The van der Waals surface area contributed by atoms with Gasteiger partial charge in [-0.2, -0.15) is 28.1 Å². The highest BCUT2D eigenvalue weighted by molar-refractivity contribution is 5.87. The zero-order valence-corrected chi connectivity index (χ0v) is 15.4. The third kappa shape index (κ3) is 6.03. The van der Waals surface area contributed by atoms with Crippen molar-refractivity contribution in [1.29, 1.82) is 0 Å². The molecule has 3 N–H and O–H groups in total. The Morgan fingerprint density at radius 2 is 1.83 bits per heavy atom. The molecule has 154 valence electrons. The molecule has 10 heteroatoms. The van der Waals surface area contributed by atoms with Gasteiger partial charge in [-0.05, 0) is 35.9 Å². The number of hydrogen-bond acceptors (Lipinski definition) is 7. The van der Waals surface area contributed by atoms with Crippen molar-refractivity contribution in [3.63, 3.8) is 0 Å². The van der Waals surface area contributed by atoms with Gasteiger partial charge < -0.3 is 15.8 Å². The molecule has 0 aliphatic carbocycles. The second-order valence-electron chi connectivity index (χ2n) is 5.99. The normalized spacial score (nSPS) is 11.4. The average molecular weight is 415 g/mol. The lowest BCUT2D eigenvalue weighted by molar-refractivity contribution is -0.139. The summed E-state index contributed by atoms with van der Waals surface area (Å²) in [5, 5.41) is 2.95. The van der Waals surface area contributed by atoms with Crippen molar-refractivity contribution in [3.8, 4) is 0 Å². The van der Waals surface area contributed by atoms with E-state index in [1.54, 1.807) is 12.1 Å². The van der Waals surface area contributed by atoms with Crippen molar-refractivity contribution in [1.82, 2.24) is 15.0 Å². The van der Waals surface area contributed by atoms with Gasteiger partial charge in [0.15, 0.2) is 12.4 Å². The van der Waals surface area contributed by atoms with Crippen molar-refractivity contribution < 1.29 is 22.7 Å². The van der Waals surface area contributed by atoms with Crippen LogP contribution in [0.2, 0.25) is 0 Å². The maximum absolute atomic E-state index is 12.7. The molecule has 0 spiro atoms. The predicted molar refractivity (Wildman–Crippen MR) is 104 cm³/mol. The van der Waals surface area contributed by atoms with E-state index in [1.165, 1.54) is 18.2 Å². The number of carbonyl (C=O) groups excluding carboxylic acids is 1. The van der Waals surface area contributed by atoms with Gasteiger partial charge in [0.25, 0.3) is 0 Å². The first-order valence-corrected chi connectivity index (χ1v) is 8.64. The van der Waals surface area contributed by atoms with E-state index in [-0.39, 0.29) is 29.9 Å². The molecule has 3 rings (SSSR count). The molecule has 0 aliphatic rings. The van der Waals surface area contributed by atoms with E-state index in [9.17, 15) is 18.0 Å². The number of hydrogen-bond donors (Lipinski definition) is 2. The van der Waals surface area contributed by atoms with E-state index in [4.69, 9.17) is 10.5 Å². The first kappa shape index (κ1) is 20.8. The fourth-order valence-electron chi connectivity index (χ4n) is 2.38. The molecular weight excluding hydrogens is 399 g/mol. The number of halogens is 3. The number of anilines is 3. The van der Waals surface area contributed by atoms with Crippen LogP contribution in [0.25, 0.3) is 6.08 Å². The fraction of sp³-hybridized carbons (Fsp3) is 0.100. The number of aromatic nitrogens is 3. The summed E-state index contributed by atoms with van der Waals surface area (Å²) in [6.07, 6.45) is -2.22. The van der Waals surface area contributed by atoms with Crippen molar-refractivity contribution in [2.45, 2.75) is 12.8 Å². The zero-order valence-electron chi connectivity index (χ0n) is 15.4. The molecule has 0 fully saturated rings. The quantitative estimate of drug-likeness (QED) is 0.464. The topological polar surface area (TPSA) is 103 Å². The number of para-hydroxylation sites is 1. The van der Waals surface area contributed by atoms with E-state index in [0.29, 0.717) is 0 Å². The van der Waals surface area contributed by atoms with Crippen LogP contribution in [0.1, 0.15) is 17.0 Å². The minimum absolute atomic E-state index is 0.0611. The number of nitrogens with zero attached hydrogens (tertiary/aromatic N) is 3. The smallest absolute Gasteiger partial charge is 0.416 e. The number of nitrogens with one attached hydrogen (secondary N) is 1. The number of alkyl halides is 3. The van der Waals surface area contributed by atoms with Crippen molar-refractivity contribution in [3.05, 3.63) is 77.6 Å². The van der Waals surface area contributed by atoms with Gasteiger partial charge in [-0.15, -0.1) is 0 Å². The highest BCUT2D eigenvalue weighted by Crippen LogP contribution is 2.29. The van der Waals surface area contributed by atoms with Crippen LogP contribution in [0, 0.1) is 0 Å². The van der Waals surface area contributed by atoms with Crippen LogP contribution in [0.4, 0.5) is 30.8 Å². The van der Waals surface area contributed by atoms with Crippen molar-refractivity contribution in [2.75, 3.05) is 11.1 Å². The Bertz CT molecular complexity index is 1060. The number of nitrogens with two attached hydrogens (primary N) is 1. The molecule has 2 aromatic carbocycles. The Hall–Kier alpha value is -3.95. The van der Waals surface area contributed by atoms with E-state index >= 15 is 0 Å². The van der Waals surface area contributed by atoms with Crippen LogP contribution in [-0.2, 0) is 22.3 Å². The van der Waals surface area contributed by atoms with Crippen LogP contribution in [0.5, 0.6) is 0 Å². The van der Waals surface area contributed by atoms with Crippen LogP contribution >= 0.6 is 0 Å². The standard InChI is InChI=1S/C20H16F3N5O2/c21-20(22,23)14-6-4-5-13(11-14)9-10-17(29)30-12-16-26-18(24)28-19(27-16)25-15-7-2-1-3-8-15/h1-11H,12H2,(H3,24,25,26,27,28). The second kappa shape index (κ2) is 9.03. The largest absolute Gasteiger partial charge is 0.454 e. The van der Waals surface area contributed by atoms with Gasteiger partial charge in [0, 0.05) is 11.8 Å². The Balaban J connectivity index is 1.61. The maximum Gasteiger partial charge on any atom is 0.416 e. The summed E-state index contributed by atoms with van der Waals surface area (Å²) in [5.41, 5.74) is 5.79. The first-order valence-electron chi connectivity index (χ1n) is 8.64. The molecule has 1 heterocycles. The molecule has 0 saturated heterocycles. The van der Waals surface area contributed by atoms with Crippen molar-refractivity contribution in [2.24, 2.45) is 0 Å². The Morgan fingerprint density at radius 3 is 2.57 bits per heavy atom. The molecule has 0 amide bonds. The van der Waals surface area contributed by atoms with Crippen LogP contribution in [-0.4, -0.2) is 20.9 Å². The summed E-state index contributed by atoms with van der Waals surface area (Å²) >= 11 is 0. The van der Waals surface area contributed by atoms with E-state index in [0.717, 1.165) is 23.9 Å². The van der Waals surface area contributed by atoms with Gasteiger partial charge >= 0.3 is 12.1 Å². The predicted octanol–water partition coefficient (Wildman–Crippen LogP) is 3.97. The minimum atomic E-state index is -4.46. The molecule has 0 atom stereocenters. The number of esters is 1. The summed E-state index contributed by atoms with van der Waals surface area (Å²) in [6, 6.07) is 13.7. The molecule has 1 aromatic heterocycles. The fourth-order valence-corrected chi connectivity index (χ4v) is 2.38. The number of ether oxygens (including phenoxy) is 1. The number of rotatable bonds is 6. The lowest BCUT2D eigenvalue weighted by atomic mass is 10.1. The summed E-state index contributed by atoms with van der Waals surface area (Å²) in [6.45, 7) is -0.290. The third-order valence-corrected chi connectivity index (χ3v) is 3.70. The summed E-state index contributed by atoms with van der Waals surface area (Å²) < 4.78 is 43.2. The highest BCUT2D eigenvalue weighted by atomic mass is 19.4. The number of benzene rings is 2. The van der Waals surface area contributed by atoms with Crippen LogP contribution in [0.3, 0.4) is 0 Å². The third-order valence-electron chi connectivity index (χ3n) is 3.70. The van der Waals surface area contributed by atoms with Crippen molar-refractivity contribution >= 4 is 29.6 Å². The lowest BCUT2D eigenvalue weighted by Crippen LogP contribution is -2.10. The maximum atomic E-state index is 12.7. The van der Waals surface area contributed by atoms with E-state index in [2.05, 4.69) is 20.3 Å². The summed E-state index contributed by atoms with van der Waals surface area (Å²) in [4.78, 5) is 23.9. The Labute approximate surface area is 169 Å². The Morgan fingerprint density at radius 1 is 1.07 bits per heavy atom. The van der Waals surface area contributed by atoms with Gasteiger partial charge in [0.1, 0.15) is 0 Å². The van der Waals surface area contributed by atoms with E-state index in [1.807, 2.05) is 18.2 Å². The second-order valence-corrected chi connectivity index (χ2v) is 5.99. The van der Waals surface area contributed by atoms with Gasteiger partial charge in [0.05, 0.1) is 5.56 Å². The average Bonchev–Trinajstić information content (AvgIpc) is 2.71. The molecule has 0 aliphatic heterocycles. The molecule has 3 aromatic rings. The van der Waals surface area contributed by atoms with Crippen LogP contribution < -0.4 is 11.1 Å². The molecule has 0 unspecified atom stereocenters. The SMILES string of the molecule is Nc1nc(COC(=O)C=Cc2cccc(C(F)(F)F)c2)nc(Nc2ccccc2)n1. The van der Waals surface area contributed by atoms with Gasteiger partial charge in [-0.3, -0.25) is 0 Å². The summed E-state index contributed by atoms with van der Waals surface area (Å²) in [5.74, 6) is -0.543. The van der Waals surface area contributed by atoms with Gasteiger partial charge in [-0.1, -0.05) is 30.3 Å². The zero-order chi connectivity index (χ0) is 21.6. The van der Waals surface area contributed by atoms with Gasteiger partial charge in [0.2, 0.25) is 11.9 Å². The van der Waals surface area contributed by atoms with E-state index < -0.39 is 17.7 Å². The molecule has 0 radical (unpaired) electrons. The molecule has 0 saturated carbocycles. The first-order chi connectivity index (χ1) is 14.3. The Kier molecular flexibility index (Phi) is 6.26. The molecule has 7 nitrogen and oxygen atoms in total. The van der Waals surface area contributed by atoms with Crippen LogP contribution in [0.15, 0.2) is 60.7 Å². The molecule has 30 heavy (non-hydrogen) atoms. The number of carbonyl (C=O) groups is 1. The molecular formula is C20H16F3N5O2. The summed E-state index contributed by atoms with van der Waals surface area (Å²) in [7, 11) is 0. The minimum Gasteiger partial charge on any atom is -0.454 e. The lowest BCUT2D eigenvalue weighted by Gasteiger charge is -2.07. The number of nitrogen functional groups attached to an aromatic ring is 1. The molecule has 0 bridgehead atoms.